The summed E-state index contributed by atoms with van der Waals surface area (Å²) in [4.78, 5) is 10.2. The molecule has 156 valence electrons. The molecule has 0 bridgehead atoms. The third-order valence-electron chi connectivity index (χ3n) is 4.83. The zero-order chi connectivity index (χ0) is 19.2. The molecule has 1 aliphatic rings. The number of rotatable bonds is 6. The summed E-state index contributed by atoms with van der Waals surface area (Å²) >= 11 is 0. The third-order valence-corrected chi connectivity index (χ3v) is 4.83. The van der Waals surface area contributed by atoms with Crippen LogP contribution in [0, 0.1) is 0 Å². The van der Waals surface area contributed by atoms with E-state index in [1.165, 1.54) is 11.8 Å². The van der Waals surface area contributed by atoms with Gasteiger partial charge in [-0.25, -0.2) is 0 Å². The maximum Gasteiger partial charge on any atom is 0.403 e. The smallest absolute Gasteiger partial charge is 0.355 e. The summed E-state index contributed by atoms with van der Waals surface area (Å²) in [6.45, 7) is 13.5. The number of guanidine groups is 1. The molecule has 0 radical (unpaired) electrons. The van der Waals surface area contributed by atoms with Crippen LogP contribution < -0.4 is 5.32 Å². The van der Waals surface area contributed by atoms with E-state index in [1.54, 1.807) is 7.05 Å². The van der Waals surface area contributed by atoms with Crippen molar-refractivity contribution in [2.75, 3.05) is 46.3 Å². The van der Waals surface area contributed by atoms with Gasteiger partial charge in [0.2, 0.25) is 0 Å². The second kappa shape index (κ2) is 11.5. The molecule has 5 nitrogen and oxygen atoms in total. The van der Waals surface area contributed by atoms with Crippen LogP contribution in [0.2, 0.25) is 0 Å². The number of alkyl halides is 3. The van der Waals surface area contributed by atoms with Gasteiger partial charge in [0, 0.05) is 58.4 Å². The normalized spacial score (nSPS) is 18.5. The lowest BCUT2D eigenvalue weighted by Crippen LogP contribution is -2.57. The van der Waals surface area contributed by atoms with Crippen molar-refractivity contribution in [1.29, 1.82) is 0 Å². The first-order chi connectivity index (χ1) is 11.6. The molecule has 9 heteroatoms. The SMILES string of the molecule is CN=C(NCCN(C(C)C)C(C)C)N1CCN(C(C)C(F)(F)F)CC1.I. The van der Waals surface area contributed by atoms with Crippen LogP contribution in [0.15, 0.2) is 4.99 Å². The summed E-state index contributed by atoms with van der Waals surface area (Å²) in [7, 11) is 1.72. The molecule has 0 aromatic heterocycles. The van der Waals surface area contributed by atoms with Gasteiger partial charge in [0.1, 0.15) is 6.04 Å². The average Bonchev–Trinajstić information content (AvgIpc) is 2.53. The molecule has 1 saturated heterocycles. The Hall–Kier alpha value is -0.290. The molecular formula is C17H35F3IN5. The Labute approximate surface area is 173 Å². The standard InChI is InChI=1S/C17H34F3N5.HI/c1-13(2)25(14(3)4)8-7-22-16(21-6)24-11-9-23(10-12-24)15(5)17(18,19)20;/h13-15H,7-12H2,1-6H3,(H,21,22);1H. The number of piperazine rings is 1. The Morgan fingerprint density at radius 3 is 1.92 bits per heavy atom. The fourth-order valence-corrected chi connectivity index (χ4v) is 3.27. The highest BCUT2D eigenvalue weighted by molar-refractivity contribution is 14.0. The Balaban J connectivity index is 0.00000625. The molecule has 0 amide bonds. The van der Waals surface area contributed by atoms with E-state index in [0.29, 0.717) is 38.3 Å². The fourth-order valence-electron chi connectivity index (χ4n) is 3.27. The van der Waals surface area contributed by atoms with Crippen molar-refractivity contribution in [3.8, 4) is 0 Å². The number of halogens is 4. The molecule has 0 aromatic rings. The van der Waals surface area contributed by atoms with E-state index in [4.69, 9.17) is 0 Å². The van der Waals surface area contributed by atoms with Crippen LogP contribution in [0.1, 0.15) is 34.6 Å². The first kappa shape index (κ1) is 25.7. The van der Waals surface area contributed by atoms with E-state index in [0.717, 1.165) is 19.0 Å². The van der Waals surface area contributed by atoms with Crippen LogP contribution in [-0.2, 0) is 0 Å². The summed E-state index contributed by atoms with van der Waals surface area (Å²) in [6.07, 6.45) is -4.17. The van der Waals surface area contributed by atoms with Gasteiger partial charge in [-0.15, -0.1) is 24.0 Å². The van der Waals surface area contributed by atoms with Gasteiger partial charge in [-0.05, 0) is 34.6 Å². The minimum Gasteiger partial charge on any atom is -0.355 e. The topological polar surface area (TPSA) is 34.1 Å². The van der Waals surface area contributed by atoms with E-state index in [1.807, 2.05) is 4.90 Å². The molecule has 0 aliphatic carbocycles. The molecule has 1 rings (SSSR count). The van der Waals surface area contributed by atoms with Gasteiger partial charge < -0.3 is 10.2 Å². The van der Waals surface area contributed by atoms with Crippen LogP contribution in [0.5, 0.6) is 0 Å². The van der Waals surface area contributed by atoms with Crippen molar-refractivity contribution in [1.82, 2.24) is 20.0 Å². The largest absolute Gasteiger partial charge is 0.403 e. The average molecular weight is 493 g/mol. The molecule has 1 aliphatic heterocycles. The minimum atomic E-state index is -4.17. The van der Waals surface area contributed by atoms with Crippen LogP contribution >= 0.6 is 24.0 Å². The zero-order valence-electron chi connectivity index (χ0n) is 16.8. The molecule has 1 atom stereocenters. The lowest BCUT2D eigenvalue weighted by molar-refractivity contribution is -0.181. The molecule has 1 unspecified atom stereocenters. The van der Waals surface area contributed by atoms with Crippen LogP contribution in [0.4, 0.5) is 13.2 Å². The first-order valence-electron chi connectivity index (χ1n) is 9.10. The number of hydrogen-bond donors (Lipinski definition) is 1. The molecule has 0 saturated carbocycles. The molecule has 0 aromatic carbocycles. The van der Waals surface area contributed by atoms with Crippen LogP contribution in [0.3, 0.4) is 0 Å². The van der Waals surface area contributed by atoms with Gasteiger partial charge in [0.05, 0.1) is 0 Å². The van der Waals surface area contributed by atoms with E-state index in [9.17, 15) is 13.2 Å². The molecule has 0 spiro atoms. The van der Waals surface area contributed by atoms with Crippen molar-refractivity contribution >= 4 is 29.9 Å². The van der Waals surface area contributed by atoms with Gasteiger partial charge in [-0.1, -0.05) is 0 Å². The van der Waals surface area contributed by atoms with Gasteiger partial charge in [0.25, 0.3) is 0 Å². The van der Waals surface area contributed by atoms with E-state index in [-0.39, 0.29) is 24.0 Å². The summed E-state index contributed by atoms with van der Waals surface area (Å²) in [5, 5.41) is 3.35. The van der Waals surface area contributed by atoms with Crippen molar-refractivity contribution in [2.24, 2.45) is 4.99 Å². The Morgan fingerprint density at radius 1 is 1.04 bits per heavy atom. The Bertz CT molecular complexity index is 413. The molecule has 1 heterocycles. The van der Waals surface area contributed by atoms with E-state index in [2.05, 4.69) is 42.9 Å². The predicted molar refractivity (Wildman–Crippen MR) is 112 cm³/mol. The summed E-state index contributed by atoms with van der Waals surface area (Å²) < 4.78 is 38.5. The minimum absolute atomic E-state index is 0. The quantitative estimate of drug-likeness (QED) is 0.351. The van der Waals surface area contributed by atoms with Gasteiger partial charge in [-0.3, -0.25) is 14.8 Å². The zero-order valence-corrected chi connectivity index (χ0v) is 19.1. The molecular weight excluding hydrogens is 458 g/mol. The van der Waals surface area contributed by atoms with Crippen molar-refractivity contribution < 1.29 is 13.2 Å². The van der Waals surface area contributed by atoms with Crippen LogP contribution in [0.25, 0.3) is 0 Å². The van der Waals surface area contributed by atoms with Crippen molar-refractivity contribution in [3.05, 3.63) is 0 Å². The maximum absolute atomic E-state index is 12.8. The highest BCUT2D eigenvalue weighted by Gasteiger charge is 2.41. The maximum atomic E-state index is 12.8. The summed E-state index contributed by atoms with van der Waals surface area (Å²) in [5.74, 6) is 0.770. The molecule has 1 N–H and O–H groups in total. The Kier molecular flexibility index (Phi) is 11.4. The lowest BCUT2D eigenvalue weighted by Gasteiger charge is -2.40. The summed E-state index contributed by atoms with van der Waals surface area (Å²) in [5.41, 5.74) is 0. The van der Waals surface area contributed by atoms with Crippen molar-refractivity contribution in [2.45, 2.75) is 58.9 Å². The van der Waals surface area contributed by atoms with E-state index < -0.39 is 12.2 Å². The Morgan fingerprint density at radius 2 is 1.54 bits per heavy atom. The molecule has 26 heavy (non-hydrogen) atoms. The number of hydrogen-bond acceptors (Lipinski definition) is 3. The van der Waals surface area contributed by atoms with Crippen molar-refractivity contribution in [3.63, 3.8) is 0 Å². The number of aliphatic imine (C=N–C) groups is 1. The van der Waals surface area contributed by atoms with Gasteiger partial charge in [-0.2, -0.15) is 13.2 Å². The highest BCUT2D eigenvalue weighted by atomic mass is 127. The monoisotopic (exact) mass is 493 g/mol. The lowest BCUT2D eigenvalue weighted by atomic mass is 10.2. The van der Waals surface area contributed by atoms with Gasteiger partial charge in [0.15, 0.2) is 5.96 Å². The second-order valence-corrected chi connectivity index (χ2v) is 7.14. The van der Waals surface area contributed by atoms with Crippen LogP contribution in [-0.4, -0.2) is 91.3 Å². The number of nitrogens with one attached hydrogen (secondary N) is 1. The number of nitrogens with zero attached hydrogens (tertiary/aromatic N) is 4. The predicted octanol–water partition coefficient (Wildman–Crippen LogP) is 2.87. The fraction of sp³-hybridized carbons (Fsp3) is 0.941. The first-order valence-corrected chi connectivity index (χ1v) is 9.10. The third kappa shape index (κ3) is 7.75. The second-order valence-electron chi connectivity index (χ2n) is 7.14. The van der Waals surface area contributed by atoms with E-state index >= 15 is 0 Å². The van der Waals surface area contributed by atoms with Gasteiger partial charge >= 0.3 is 6.18 Å². The highest BCUT2D eigenvalue weighted by Crippen LogP contribution is 2.25. The molecule has 1 fully saturated rings. The summed E-state index contributed by atoms with van der Waals surface area (Å²) in [6, 6.07) is -0.456.